The average molecular weight is 277 g/mol. The standard InChI is InChI=1S/C3HBr3/c1-2-3(4,5)6/h1H. The number of terminal acetylenes is 1. The molecule has 0 fully saturated rings. The molecule has 0 rings (SSSR count). The maximum Gasteiger partial charge on any atom is 0.194 e. The Morgan fingerprint density at radius 1 is 1.33 bits per heavy atom. The second-order valence-electron chi connectivity index (χ2n) is 0.642. The van der Waals surface area contributed by atoms with Crippen LogP contribution in [-0.4, -0.2) is 2.14 Å². The summed E-state index contributed by atoms with van der Waals surface area (Å²) in [6.45, 7) is 0. The van der Waals surface area contributed by atoms with Crippen molar-refractivity contribution in [2.45, 2.75) is 2.14 Å². The van der Waals surface area contributed by atoms with Crippen molar-refractivity contribution in [2.75, 3.05) is 0 Å². The van der Waals surface area contributed by atoms with Crippen LogP contribution in [0.3, 0.4) is 0 Å². The van der Waals surface area contributed by atoms with E-state index < -0.39 is 2.14 Å². The first kappa shape index (κ1) is 7.00. The molecule has 0 saturated heterocycles. The minimum atomic E-state index is -0.493. The summed E-state index contributed by atoms with van der Waals surface area (Å²) in [4.78, 5) is 0. The van der Waals surface area contributed by atoms with Gasteiger partial charge in [-0.3, -0.25) is 0 Å². The number of rotatable bonds is 0. The van der Waals surface area contributed by atoms with Crippen LogP contribution in [0.4, 0.5) is 0 Å². The van der Waals surface area contributed by atoms with Gasteiger partial charge in [0.05, 0.1) is 0 Å². The highest BCUT2D eigenvalue weighted by molar-refractivity contribution is 9.39. The molecule has 0 radical (unpaired) electrons. The first-order valence-corrected chi connectivity index (χ1v) is 3.48. The number of hydrogen-bond donors (Lipinski definition) is 0. The third-order valence-corrected chi connectivity index (χ3v) is 0.850. The van der Waals surface area contributed by atoms with Gasteiger partial charge in [-0.05, 0) is 47.8 Å². The Hall–Kier alpha value is 1.00. The molecule has 0 aliphatic carbocycles. The lowest BCUT2D eigenvalue weighted by Gasteiger charge is -1.96. The summed E-state index contributed by atoms with van der Waals surface area (Å²) in [5.74, 6) is 2.35. The largest absolute Gasteiger partial charge is 0.194 e. The van der Waals surface area contributed by atoms with E-state index in [1.54, 1.807) is 0 Å². The van der Waals surface area contributed by atoms with Crippen LogP contribution >= 0.6 is 47.8 Å². The van der Waals surface area contributed by atoms with Gasteiger partial charge in [0.2, 0.25) is 0 Å². The number of alkyl halides is 3. The summed E-state index contributed by atoms with van der Waals surface area (Å²) in [6.07, 6.45) is 4.91. The Morgan fingerprint density at radius 2 is 1.50 bits per heavy atom. The van der Waals surface area contributed by atoms with Crippen molar-refractivity contribution in [2.24, 2.45) is 0 Å². The molecule has 6 heavy (non-hydrogen) atoms. The lowest BCUT2D eigenvalue weighted by atomic mass is 10.8. The molecule has 0 N–H and O–H groups in total. The fraction of sp³-hybridized carbons (Fsp3) is 0.333. The first-order chi connectivity index (χ1) is 2.56. The van der Waals surface area contributed by atoms with Crippen LogP contribution in [0.15, 0.2) is 0 Å². The van der Waals surface area contributed by atoms with Crippen LogP contribution in [0.25, 0.3) is 0 Å². The predicted molar refractivity (Wildman–Crippen MR) is 38.3 cm³/mol. The average Bonchev–Trinajstić information content (AvgIpc) is 1.35. The van der Waals surface area contributed by atoms with Crippen molar-refractivity contribution in [3.63, 3.8) is 0 Å². The van der Waals surface area contributed by atoms with Crippen molar-refractivity contribution in [1.29, 1.82) is 0 Å². The first-order valence-electron chi connectivity index (χ1n) is 1.11. The Kier molecular flexibility index (Phi) is 2.73. The van der Waals surface area contributed by atoms with Gasteiger partial charge in [-0.25, -0.2) is 0 Å². The number of hydrogen-bond acceptors (Lipinski definition) is 0. The fourth-order valence-corrected chi connectivity index (χ4v) is 0. The lowest BCUT2D eigenvalue weighted by Crippen LogP contribution is -1.89. The van der Waals surface area contributed by atoms with Crippen LogP contribution in [-0.2, 0) is 0 Å². The van der Waals surface area contributed by atoms with Crippen molar-refractivity contribution in [1.82, 2.24) is 0 Å². The molecule has 0 bridgehead atoms. The van der Waals surface area contributed by atoms with Gasteiger partial charge >= 0.3 is 0 Å². The smallest absolute Gasteiger partial charge is 0.117 e. The molecule has 0 amide bonds. The van der Waals surface area contributed by atoms with E-state index in [1.807, 2.05) is 0 Å². The minimum absolute atomic E-state index is 0.493. The molecule has 0 aromatic rings. The Labute approximate surface area is 62.1 Å². The van der Waals surface area contributed by atoms with E-state index in [0.29, 0.717) is 0 Å². The molecule has 0 aliphatic rings. The zero-order valence-electron chi connectivity index (χ0n) is 2.71. The lowest BCUT2D eigenvalue weighted by molar-refractivity contribution is 1.79. The van der Waals surface area contributed by atoms with Gasteiger partial charge in [-0.1, -0.05) is 5.92 Å². The van der Waals surface area contributed by atoms with Crippen LogP contribution < -0.4 is 0 Å². The molecule has 0 aliphatic heterocycles. The maximum absolute atomic E-state index is 4.91. The maximum atomic E-state index is 4.91. The number of halogens is 3. The highest BCUT2D eigenvalue weighted by Gasteiger charge is 2.10. The van der Waals surface area contributed by atoms with Crippen LogP contribution in [0.1, 0.15) is 0 Å². The van der Waals surface area contributed by atoms with Crippen molar-refractivity contribution >= 4 is 47.8 Å². The van der Waals surface area contributed by atoms with Gasteiger partial charge in [0.15, 0.2) is 2.14 Å². The summed E-state index contributed by atoms with van der Waals surface area (Å²) < 4.78 is -0.493. The van der Waals surface area contributed by atoms with E-state index >= 15 is 0 Å². The van der Waals surface area contributed by atoms with E-state index in [-0.39, 0.29) is 0 Å². The molecule has 34 valence electrons. The Balaban J connectivity index is 3.55. The second-order valence-corrected chi connectivity index (χ2v) is 7.40. The molecule has 0 unspecified atom stereocenters. The van der Waals surface area contributed by atoms with Gasteiger partial charge in [0.1, 0.15) is 0 Å². The highest BCUT2D eigenvalue weighted by atomic mass is 80.0. The molecule has 0 aromatic heterocycles. The van der Waals surface area contributed by atoms with Crippen LogP contribution in [0, 0.1) is 12.3 Å². The molecule has 0 atom stereocenters. The molecule has 3 heteroatoms. The van der Waals surface area contributed by atoms with E-state index in [1.165, 1.54) is 0 Å². The van der Waals surface area contributed by atoms with Gasteiger partial charge in [-0.2, -0.15) is 0 Å². The minimum Gasteiger partial charge on any atom is -0.117 e. The fourth-order valence-electron chi connectivity index (χ4n) is 0. The van der Waals surface area contributed by atoms with Crippen molar-refractivity contribution in [3.8, 4) is 12.3 Å². The van der Waals surface area contributed by atoms with E-state index in [9.17, 15) is 0 Å². The summed E-state index contributed by atoms with van der Waals surface area (Å²) in [5, 5.41) is 0. The van der Waals surface area contributed by atoms with Crippen LogP contribution in [0.5, 0.6) is 0 Å². The molecular formula is C3HBr3. The van der Waals surface area contributed by atoms with E-state index in [2.05, 4.69) is 53.7 Å². The monoisotopic (exact) mass is 274 g/mol. The molecular weight excluding hydrogens is 276 g/mol. The zero-order valence-corrected chi connectivity index (χ0v) is 7.47. The van der Waals surface area contributed by atoms with E-state index in [4.69, 9.17) is 6.42 Å². The SMILES string of the molecule is C#CC(Br)(Br)Br. The zero-order chi connectivity index (χ0) is 5.21. The summed E-state index contributed by atoms with van der Waals surface area (Å²) >= 11 is 9.22. The van der Waals surface area contributed by atoms with Crippen molar-refractivity contribution < 1.29 is 0 Å². The highest BCUT2D eigenvalue weighted by Crippen LogP contribution is 2.31. The van der Waals surface area contributed by atoms with Gasteiger partial charge < -0.3 is 0 Å². The third kappa shape index (κ3) is 5.00. The Bertz CT molecular complexity index is 73.0. The van der Waals surface area contributed by atoms with Gasteiger partial charge in [-0.15, -0.1) is 6.42 Å². The second kappa shape index (κ2) is 2.34. The normalized spacial score (nSPS) is 10.3. The molecule has 0 heterocycles. The topological polar surface area (TPSA) is 0 Å². The van der Waals surface area contributed by atoms with Crippen molar-refractivity contribution in [3.05, 3.63) is 0 Å². The molecule has 0 nitrogen and oxygen atoms in total. The predicted octanol–water partition coefficient (Wildman–Crippen LogP) is 2.46. The Morgan fingerprint density at radius 3 is 1.50 bits per heavy atom. The van der Waals surface area contributed by atoms with Crippen LogP contribution in [0.2, 0.25) is 0 Å². The van der Waals surface area contributed by atoms with E-state index in [0.717, 1.165) is 0 Å². The molecule has 0 spiro atoms. The summed E-state index contributed by atoms with van der Waals surface area (Å²) in [6, 6.07) is 0. The summed E-state index contributed by atoms with van der Waals surface area (Å²) in [5.41, 5.74) is 0. The van der Waals surface area contributed by atoms with Gasteiger partial charge in [0, 0.05) is 0 Å². The quantitative estimate of drug-likeness (QED) is 0.471. The molecule has 0 aromatic carbocycles. The third-order valence-electron chi connectivity index (χ3n) is 0.164. The molecule has 0 saturated carbocycles. The summed E-state index contributed by atoms with van der Waals surface area (Å²) in [7, 11) is 0. The van der Waals surface area contributed by atoms with Gasteiger partial charge in [0.25, 0.3) is 0 Å².